The zero-order chi connectivity index (χ0) is 15.4. The Morgan fingerprint density at radius 1 is 1.05 bits per heavy atom. The molecule has 0 amide bonds. The Bertz CT molecular complexity index is 675. The van der Waals surface area contributed by atoms with Crippen LogP contribution in [0, 0.1) is 13.8 Å². The predicted octanol–water partition coefficient (Wildman–Crippen LogP) is 4.11. The summed E-state index contributed by atoms with van der Waals surface area (Å²) in [7, 11) is 0. The first-order valence-electron chi connectivity index (χ1n) is 6.50. The van der Waals surface area contributed by atoms with Crippen LogP contribution in [-0.2, 0) is 4.74 Å². The maximum Gasteiger partial charge on any atom is 0.338 e. The second-order valence-electron chi connectivity index (χ2n) is 4.82. The van der Waals surface area contributed by atoms with Crippen LogP contribution in [0.4, 0.5) is 0 Å². The van der Waals surface area contributed by atoms with E-state index in [0.29, 0.717) is 11.1 Å². The van der Waals surface area contributed by atoms with Crippen molar-refractivity contribution in [3.8, 4) is 0 Å². The molecule has 0 aromatic heterocycles. The number of carbonyl (C=O) groups excluding carboxylic acids is 2. The molecule has 0 fully saturated rings. The Morgan fingerprint density at radius 2 is 1.71 bits per heavy atom. The van der Waals surface area contributed by atoms with Gasteiger partial charge >= 0.3 is 5.97 Å². The second-order valence-corrected chi connectivity index (χ2v) is 5.74. The van der Waals surface area contributed by atoms with Crippen LogP contribution in [0.1, 0.15) is 31.8 Å². The van der Waals surface area contributed by atoms with Crippen molar-refractivity contribution in [2.24, 2.45) is 0 Å². The minimum absolute atomic E-state index is 0.221. The number of halogens is 1. The number of hydrogen-bond donors (Lipinski definition) is 0. The number of Topliss-reactive ketones (excluding diaryl/α,β-unsaturated/α-hetero) is 1. The molecule has 2 aromatic carbocycles. The molecular weight excluding hydrogens is 332 g/mol. The quantitative estimate of drug-likeness (QED) is 0.618. The molecule has 0 atom stereocenters. The third kappa shape index (κ3) is 4.02. The van der Waals surface area contributed by atoms with E-state index in [9.17, 15) is 9.59 Å². The fourth-order valence-corrected chi connectivity index (χ4v) is 2.15. The second kappa shape index (κ2) is 6.68. The van der Waals surface area contributed by atoms with Crippen molar-refractivity contribution in [3.63, 3.8) is 0 Å². The van der Waals surface area contributed by atoms with Gasteiger partial charge in [0.05, 0.1) is 5.56 Å². The molecule has 0 bridgehead atoms. The normalized spacial score (nSPS) is 10.2. The van der Waals surface area contributed by atoms with Gasteiger partial charge in [0.15, 0.2) is 12.4 Å². The average molecular weight is 347 g/mol. The number of carbonyl (C=O) groups is 2. The molecule has 0 N–H and O–H groups in total. The van der Waals surface area contributed by atoms with Crippen molar-refractivity contribution in [2.75, 3.05) is 6.61 Å². The number of benzene rings is 2. The minimum Gasteiger partial charge on any atom is -0.454 e. The van der Waals surface area contributed by atoms with Gasteiger partial charge in [0.25, 0.3) is 0 Å². The lowest BCUT2D eigenvalue weighted by Gasteiger charge is -2.07. The SMILES string of the molecule is Cc1ccc(C)c(C(=O)OCC(=O)c2ccc(Br)cc2)c1. The average Bonchev–Trinajstić information content (AvgIpc) is 2.47. The maximum atomic E-state index is 12.0. The van der Waals surface area contributed by atoms with E-state index in [0.717, 1.165) is 15.6 Å². The molecule has 0 spiro atoms. The Morgan fingerprint density at radius 3 is 2.38 bits per heavy atom. The molecule has 0 unspecified atom stereocenters. The van der Waals surface area contributed by atoms with E-state index in [2.05, 4.69) is 15.9 Å². The topological polar surface area (TPSA) is 43.4 Å². The number of esters is 1. The zero-order valence-electron chi connectivity index (χ0n) is 11.9. The highest BCUT2D eigenvalue weighted by Gasteiger charge is 2.13. The molecule has 0 saturated carbocycles. The molecule has 3 nitrogen and oxygen atoms in total. The van der Waals surface area contributed by atoms with Gasteiger partial charge in [0.2, 0.25) is 0 Å². The van der Waals surface area contributed by atoms with E-state index < -0.39 is 5.97 Å². The van der Waals surface area contributed by atoms with Crippen LogP contribution in [0.2, 0.25) is 0 Å². The van der Waals surface area contributed by atoms with Gasteiger partial charge in [-0.2, -0.15) is 0 Å². The highest BCUT2D eigenvalue weighted by atomic mass is 79.9. The minimum atomic E-state index is -0.471. The lowest BCUT2D eigenvalue weighted by molar-refractivity contribution is 0.0474. The van der Waals surface area contributed by atoms with Crippen LogP contribution < -0.4 is 0 Å². The number of ketones is 1. The first-order chi connectivity index (χ1) is 9.97. The standard InChI is InChI=1S/C17H15BrO3/c1-11-3-4-12(2)15(9-11)17(20)21-10-16(19)13-5-7-14(18)8-6-13/h3-9H,10H2,1-2H3. The van der Waals surface area contributed by atoms with Crippen LogP contribution in [0.5, 0.6) is 0 Å². The van der Waals surface area contributed by atoms with Crippen molar-refractivity contribution in [1.29, 1.82) is 0 Å². The number of ether oxygens (including phenoxy) is 1. The summed E-state index contributed by atoms with van der Waals surface area (Å²) in [6.07, 6.45) is 0. The van der Waals surface area contributed by atoms with Crippen molar-refractivity contribution in [3.05, 3.63) is 69.2 Å². The molecule has 108 valence electrons. The van der Waals surface area contributed by atoms with E-state index in [1.165, 1.54) is 0 Å². The third-order valence-electron chi connectivity index (χ3n) is 3.11. The summed E-state index contributed by atoms with van der Waals surface area (Å²) in [6, 6.07) is 12.5. The molecule has 21 heavy (non-hydrogen) atoms. The number of hydrogen-bond acceptors (Lipinski definition) is 3. The van der Waals surface area contributed by atoms with Crippen LogP contribution in [-0.4, -0.2) is 18.4 Å². The number of rotatable bonds is 4. The molecule has 2 aromatic rings. The van der Waals surface area contributed by atoms with Gasteiger partial charge < -0.3 is 4.74 Å². The first-order valence-corrected chi connectivity index (χ1v) is 7.30. The predicted molar refractivity (Wildman–Crippen MR) is 84.7 cm³/mol. The highest BCUT2D eigenvalue weighted by Crippen LogP contribution is 2.13. The van der Waals surface area contributed by atoms with Gasteiger partial charge in [-0.1, -0.05) is 45.8 Å². The summed E-state index contributed by atoms with van der Waals surface area (Å²) in [6.45, 7) is 3.49. The highest BCUT2D eigenvalue weighted by molar-refractivity contribution is 9.10. The van der Waals surface area contributed by atoms with E-state index >= 15 is 0 Å². The Kier molecular flexibility index (Phi) is 4.91. The molecular formula is C17H15BrO3. The summed E-state index contributed by atoms with van der Waals surface area (Å²) in [5.74, 6) is -0.692. The fourth-order valence-electron chi connectivity index (χ4n) is 1.88. The van der Waals surface area contributed by atoms with Crippen molar-refractivity contribution >= 4 is 27.7 Å². The van der Waals surface area contributed by atoms with E-state index in [4.69, 9.17) is 4.74 Å². The summed E-state index contributed by atoms with van der Waals surface area (Å²) in [5, 5.41) is 0. The lowest BCUT2D eigenvalue weighted by atomic mass is 10.1. The van der Waals surface area contributed by atoms with Gasteiger partial charge in [-0.25, -0.2) is 4.79 Å². The zero-order valence-corrected chi connectivity index (χ0v) is 13.4. The first kappa shape index (κ1) is 15.4. The van der Waals surface area contributed by atoms with E-state index in [1.54, 1.807) is 30.3 Å². The van der Waals surface area contributed by atoms with E-state index in [-0.39, 0.29) is 12.4 Å². The summed E-state index contributed by atoms with van der Waals surface area (Å²) in [5.41, 5.74) is 2.83. The number of aryl methyl sites for hydroxylation is 2. The van der Waals surface area contributed by atoms with Gasteiger partial charge in [0.1, 0.15) is 0 Å². The van der Waals surface area contributed by atoms with Crippen molar-refractivity contribution in [2.45, 2.75) is 13.8 Å². The Hall–Kier alpha value is -1.94. The molecule has 0 heterocycles. The smallest absolute Gasteiger partial charge is 0.338 e. The molecule has 0 aliphatic heterocycles. The maximum absolute atomic E-state index is 12.0. The van der Waals surface area contributed by atoms with Crippen molar-refractivity contribution < 1.29 is 14.3 Å². The Balaban J connectivity index is 2.02. The van der Waals surface area contributed by atoms with Gasteiger partial charge in [0, 0.05) is 10.0 Å². The van der Waals surface area contributed by atoms with Crippen LogP contribution in [0.25, 0.3) is 0 Å². The molecule has 0 saturated heterocycles. The van der Waals surface area contributed by atoms with E-state index in [1.807, 2.05) is 26.0 Å². The Labute approximate surface area is 132 Å². The summed E-state index contributed by atoms with van der Waals surface area (Å²) >= 11 is 3.31. The van der Waals surface area contributed by atoms with Crippen LogP contribution in [0.15, 0.2) is 46.9 Å². The summed E-state index contributed by atoms with van der Waals surface area (Å²) < 4.78 is 6.00. The van der Waals surface area contributed by atoms with Gasteiger partial charge in [-0.3, -0.25) is 4.79 Å². The van der Waals surface area contributed by atoms with Crippen molar-refractivity contribution in [1.82, 2.24) is 0 Å². The van der Waals surface area contributed by atoms with Gasteiger partial charge in [-0.15, -0.1) is 0 Å². The third-order valence-corrected chi connectivity index (χ3v) is 3.64. The summed E-state index contributed by atoms with van der Waals surface area (Å²) in [4.78, 5) is 24.0. The largest absolute Gasteiger partial charge is 0.454 e. The van der Waals surface area contributed by atoms with Crippen LogP contribution in [0.3, 0.4) is 0 Å². The van der Waals surface area contributed by atoms with Crippen LogP contribution >= 0.6 is 15.9 Å². The molecule has 2 rings (SSSR count). The molecule has 0 aliphatic carbocycles. The molecule has 4 heteroatoms. The fraction of sp³-hybridized carbons (Fsp3) is 0.176. The molecule has 0 aliphatic rings. The van der Waals surface area contributed by atoms with Gasteiger partial charge in [-0.05, 0) is 37.6 Å². The molecule has 0 radical (unpaired) electrons. The monoisotopic (exact) mass is 346 g/mol. The lowest BCUT2D eigenvalue weighted by Crippen LogP contribution is -2.15.